The molecule has 23 heavy (non-hydrogen) atoms. The van der Waals surface area contributed by atoms with E-state index in [1.807, 2.05) is 36.4 Å². The van der Waals surface area contributed by atoms with Crippen LogP contribution in [0.25, 0.3) is 5.53 Å². The van der Waals surface area contributed by atoms with Gasteiger partial charge >= 0.3 is 5.71 Å². The smallest absolute Gasteiger partial charge is 0.361 e. The van der Waals surface area contributed by atoms with Crippen molar-refractivity contribution in [3.63, 3.8) is 0 Å². The summed E-state index contributed by atoms with van der Waals surface area (Å²) in [7, 11) is 0. The SMILES string of the molecule is CC(C)C(=O)C(=[N+]=[N-])C(=NOc1ccccc1)c1ccccc1. The monoisotopic (exact) mass is 307 g/mol. The molecule has 5 heteroatoms. The Bertz CT molecular complexity index is 746. The van der Waals surface area contributed by atoms with Crippen LogP contribution >= 0.6 is 0 Å². The van der Waals surface area contributed by atoms with E-state index < -0.39 is 0 Å². The van der Waals surface area contributed by atoms with Crippen molar-refractivity contribution in [2.45, 2.75) is 13.8 Å². The van der Waals surface area contributed by atoms with Gasteiger partial charge in [-0.2, -0.15) is 4.79 Å². The Kier molecular flexibility index (Phi) is 5.56. The molecule has 116 valence electrons. The number of hydrogen-bond acceptors (Lipinski definition) is 3. The first-order valence-corrected chi connectivity index (χ1v) is 7.25. The van der Waals surface area contributed by atoms with Gasteiger partial charge in [0.25, 0.3) is 0 Å². The van der Waals surface area contributed by atoms with Crippen LogP contribution in [0.15, 0.2) is 65.8 Å². The fourth-order valence-corrected chi connectivity index (χ4v) is 1.90. The minimum atomic E-state index is -0.327. The highest BCUT2D eigenvalue weighted by atomic mass is 16.6. The van der Waals surface area contributed by atoms with E-state index in [2.05, 4.69) is 9.95 Å². The lowest BCUT2D eigenvalue weighted by molar-refractivity contribution is -0.119. The van der Waals surface area contributed by atoms with Gasteiger partial charge in [0, 0.05) is 11.5 Å². The summed E-state index contributed by atoms with van der Waals surface area (Å²) in [5.74, 6) is -0.117. The lowest BCUT2D eigenvalue weighted by atomic mass is 9.97. The first-order valence-electron chi connectivity index (χ1n) is 7.25. The van der Waals surface area contributed by atoms with Crippen molar-refractivity contribution in [2.75, 3.05) is 0 Å². The van der Waals surface area contributed by atoms with Gasteiger partial charge in [-0.3, -0.25) is 4.79 Å². The molecule has 2 rings (SSSR count). The maximum Gasteiger partial charge on any atom is 0.387 e. The third-order valence-corrected chi connectivity index (χ3v) is 3.11. The molecule has 0 amide bonds. The number of Topliss-reactive ketones (excluding diaryl/α,β-unsaturated/α-hetero) is 1. The molecular formula is C18H17N3O2. The van der Waals surface area contributed by atoms with Crippen molar-refractivity contribution in [3.05, 3.63) is 71.8 Å². The molecule has 0 saturated carbocycles. The van der Waals surface area contributed by atoms with Gasteiger partial charge < -0.3 is 10.4 Å². The molecule has 0 N–H and O–H groups in total. The second kappa shape index (κ2) is 7.82. The molecule has 0 radical (unpaired) electrons. The normalized spacial score (nSPS) is 11.0. The van der Waals surface area contributed by atoms with Crippen molar-refractivity contribution < 1.29 is 14.4 Å². The highest BCUT2D eigenvalue weighted by Crippen LogP contribution is 2.11. The van der Waals surface area contributed by atoms with E-state index in [1.54, 1.807) is 38.1 Å². The Morgan fingerprint density at radius 1 is 1.04 bits per heavy atom. The highest BCUT2D eigenvalue weighted by molar-refractivity contribution is 6.68. The molecule has 0 aliphatic heterocycles. The maximum atomic E-state index is 12.3. The van der Waals surface area contributed by atoms with E-state index >= 15 is 0 Å². The van der Waals surface area contributed by atoms with Crippen LogP contribution in [0.5, 0.6) is 5.75 Å². The molecule has 0 aromatic heterocycles. The Morgan fingerprint density at radius 3 is 2.13 bits per heavy atom. The number of nitrogens with zero attached hydrogens (tertiary/aromatic N) is 3. The molecule has 5 nitrogen and oxygen atoms in total. The zero-order valence-electron chi connectivity index (χ0n) is 13.0. The number of oxime groups is 1. The fraction of sp³-hybridized carbons (Fsp3) is 0.167. The predicted octanol–water partition coefficient (Wildman–Crippen LogP) is 3.37. The number of rotatable bonds is 6. The molecule has 0 fully saturated rings. The van der Waals surface area contributed by atoms with Gasteiger partial charge in [-0.05, 0) is 12.1 Å². The zero-order chi connectivity index (χ0) is 16.7. The summed E-state index contributed by atoms with van der Waals surface area (Å²) in [6, 6.07) is 18.0. The van der Waals surface area contributed by atoms with Gasteiger partial charge in [-0.25, -0.2) is 0 Å². The summed E-state index contributed by atoms with van der Waals surface area (Å²) in [5.41, 5.74) is 10.0. The summed E-state index contributed by atoms with van der Waals surface area (Å²) in [4.78, 5) is 20.8. The number of ketones is 1. The third-order valence-electron chi connectivity index (χ3n) is 3.11. The van der Waals surface area contributed by atoms with Gasteiger partial charge in [0.05, 0.1) is 0 Å². The Hall–Kier alpha value is -3.04. The van der Waals surface area contributed by atoms with Crippen molar-refractivity contribution in [3.8, 4) is 5.75 Å². The van der Waals surface area contributed by atoms with Crippen molar-refractivity contribution in [1.82, 2.24) is 0 Å². The summed E-state index contributed by atoms with van der Waals surface area (Å²) in [6.07, 6.45) is 0. The van der Waals surface area contributed by atoms with Gasteiger partial charge in [0.1, 0.15) is 0 Å². The minimum Gasteiger partial charge on any atom is -0.361 e. The molecule has 0 bridgehead atoms. The Labute approximate surface area is 134 Å². The number of para-hydroxylation sites is 1. The van der Waals surface area contributed by atoms with E-state index in [0.29, 0.717) is 11.3 Å². The van der Waals surface area contributed by atoms with Crippen LogP contribution in [-0.4, -0.2) is 22.0 Å². The second-order valence-corrected chi connectivity index (χ2v) is 5.18. The van der Waals surface area contributed by atoms with E-state index in [4.69, 9.17) is 4.84 Å². The topological polar surface area (TPSA) is 75.1 Å². The van der Waals surface area contributed by atoms with Gasteiger partial charge in [0.15, 0.2) is 5.75 Å². The van der Waals surface area contributed by atoms with Crippen LogP contribution in [0, 0.1) is 5.92 Å². The van der Waals surface area contributed by atoms with Crippen LogP contribution in [0.4, 0.5) is 0 Å². The second-order valence-electron chi connectivity index (χ2n) is 5.18. The van der Waals surface area contributed by atoms with Crippen molar-refractivity contribution in [1.29, 1.82) is 0 Å². The van der Waals surface area contributed by atoms with Crippen LogP contribution < -0.4 is 4.84 Å². The first kappa shape index (κ1) is 16.3. The lowest BCUT2D eigenvalue weighted by Gasteiger charge is -2.05. The molecule has 2 aromatic carbocycles. The van der Waals surface area contributed by atoms with Crippen LogP contribution in [0.3, 0.4) is 0 Å². The number of hydrogen-bond donors (Lipinski definition) is 0. The zero-order valence-corrected chi connectivity index (χ0v) is 13.0. The molecule has 0 atom stereocenters. The van der Waals surface area contributed by atoms with Crippen molar-refractivity contribution in [2.24, 2.45) is 11.1 Å². The minimum absolute atomic E-state index is 0.123. The van der Waals surface area contributed by atoms with Crippen molar-refractivity contribution >= 4 is 17.2 Å². The predicted molar refractivity (Wildman–Crippen MR) is 88.5 cm³/mol. The Balaban J connectivity index is 2.44. The summed E-state index contributed by atoms with van der Waals surface area (Å²) in [6.45, 7) is 3.46. The molecule has 0 unspecified atom stereocenters. The standard InChI is InChI=1S/C18H17N3O2/c1-13(2)18(22)17(20-19)16(14-9-5-3-6-10-14)21-23-15-11-7-4-8-12-15/h3-13H,1-2H3. The molecule has 0 spiro atoms. The molecule has 2 aromatic rings. The fourth-order valence-electron chi connectivity index (χ4n) is 1.90. The molecule has 0 saturated heterocycles. The van der Waals surface area contributed by atoms with E-state index in [-0.39, 0.29) is 23.1 Å². The molecule has 0 aliphatic carbocycles. The quantitative estimate of drug-likeness (QED) is 0.355. The molecule has 0 heterocycles. The largest absolute Gasteiger partial charge is 0.387 e. The summed E-state index contributed by atoms with van der Waals surface area (Å²) in [5, 5.41) is 4.04. The number of benzene rings is 2. The summed E-state index contributed by atoms with van der Waals surface area (Å²) >= 11 is 0. The lowest BCUT2D eigenvalue weighted by Crippen LogP contribution is -2.30. The van der Waals surface area contributed by atoms with Gasteiger partial charge in [-0.15, -0.1) is 0 Å². The van der Waals surface area contributed by atoms with Crippen LogP contribution in [0.2, 0.25) is 0 Å². The van der Waals surface area contributed by atoms with Crippen LogP contribution in [0.1, 0.15) is 19.4 Å². The molecule has 0 aliphatic rings. The average molecular weight is 307 g/mol. The number of carbonyl (C=O) groups excluding carboxylic acids is 1. The third kappa shape index (κ3) is 4.22. The number of carbonyl (C=O) groups is 1. The summed E-state index contributed by atoms with van der Waals surface area (Å²) < 4.78 is 0. The van der Waals surface area contributed by atoms with E-state index in [9.17, 15) is 10.3 Å². The highest BCUT2D eigenvalue weighted by Gasteiger charge is 2.31. The van der Waals surface area contributed by atoms with Crippen LogP contribution in [-0.2, 0) is 4.79 Å². The average Bonchev–Trinajstić information content (AvgIpc) is 2.59. The first-order chi connectivity index (χ1) is 11.1. The Morgan fingerprint density at radius 2 is 1.61 bits per heavy atom. The maximum absolute atomic E-state index is 12.3. The van der Waals surface area contributed by atoms with E-state index in [1.165, 1.54) is 0 Å². The van der Waals surface area contributed by atoms with Gasteiger partial charge in [0.2, 0.25) is 11.5 Å². The van der Waals surface area contributed by atoms with E-state index in [0.717, 1.165) is 0 Å². The molecular weight excluding hydrogens is 290 g/mol. The van der Waals surface area contributed by atoms with Gasteiger partial charge in [-0.1, -0.05) is 67.5 Å².